The van der Waals surface area contributed by atoms with E-state index < -0.39 is 0 Å². The number of unbranched alkanes of at least 4 members (excludes halogenated alkanes) is 3. The summed E-state index contributed by atoms with van der Waals surface area (Å²) in [6.45, 7) is 3.70. The molecule has 2 atom stereocenters. The summed E-state index contributed by atoms with van der Waals surface area (Å²) < 4.78 is 0. The molecule has 1 aliphatic carbocycles. The fourth-order valence-electron chi connectivity index (χ4n) is 2.73. The van der Waals surface area contributed by atoms with Crippen LogP contribution in [0.15, 0.2) is 0 Å². The van der Waals surface area contributed by atoms with Crippen molar-refractivity contribution in [3.8, 4) is 0 Å². The summed E-state index contributed by atoms with van der Waals surface area (Å²) in [5.41, 5.74) is 5.75. The number of carbonyl (C=O) groups excluding carboxylic acids is 1. The van der Waals surface area contributed by atoms with Crippen LogP contribution in [0.5, 0.6) is 0 Å². The fraction of sp³-hybridized carbons (Fsp3) is 0.929. The summed E-state index contributed by atoms with van der Waals surface area (Å²) >= 11 is 0. The van der Waals surface area contributed by atoms with Gasteiger partial charge in [-0.25, -0.2) is 0 Å². The average Bonchev–Trinajstić information content (AvgIpc) is 2.38. The van der Waals surface area contributed by atoms with E-state index >= 15 is 0 Å². The van der Waals surface area contributed by atoms with Gasteiger partial charge in [0.05, 0.1) is 0 Å². The normalized spacial score (nSPS) is 24.6. The molecule has 1 amide bonds. The molecule has 0 heterocycles. The van der Waals surface area contributed by atoms with Crippen LogP contribution in [-0.2, 0) is 4.79 Å². The summed E-state index contributed by atoms with van der Waals surface area (Å²) in [5.74, 6) is 0.843. The van der Waals surface area contributed by atoms with Gasteiger partial charge in [0.2, 0.25) is 5.91 Å². The lowest BCUT2D eigenvalue weighted by Gasteiger charge is -2.29. The molecule has 2 unspecified atom stereocenters. The molecule has 1 fully saturated rings. The van der Waals surface area contributed by atoms with Crippen molar-refractivity contribution < 1.29 is 4.79 Å². The molecule has 3 heteroatoms. The number of carbonyl (C=O) groups is 1. The molecule has 0 saturated heterocycles. The SMILES string of the molecule is CCCCCCNC(=O)C1CCCCC1CN. The van der Waals surface area contributed by atoms with E-state index in [9.17, 15) is 4.79 Å². The third-order valence-electron chi connectivity index (χ3n) is 3.88. The predicted octanol–water partition coefficient (Wildman–Crippen LogP) is 2.45. The van der Waals surface area contributed by atoms with Crippen molar-refractivity contribution in [2.24, 2.45) is 17.6 Å². The predicted molar refractivity (Wildman–Crippen MR) is 71.7 cm³/mol. The van der Waals surface area contributed by atoms with Gasteiger partial charge in [-0.1, -0.05) is 39.0 Å². The van der Waals surface area contributed by atoms with Gasteiger partial charge in [-0.15, -0.1) is 0 Å². The van der Waals surface area contributed by atoms with Crippen LogP contribution in [0.25, 0.3) is 0 Å². The van der Waals surface area contributed by atoms with E-state index in [0.29, 0.717) is 12.5 Å². The Balaban J connectivity index is 2.20. The van der Waals surface area contributed by atoms with Gasteiger partial charge in [-0.3, -0.25) is 4.79 Å². The van der Waals surface area contributed by atoms with Crippen LogP contribution >= 0.6 is 0 Å². The van der Waals surface area contributed by atoms with E-state index in [1.54, 1.807) is 0 Å². The maximum atomic E-state index is 12.0. The van der Waals surface area contributed by atoms with Crippen LogP contribution in [0.3, 0.4) is 0 Å². The lowest BCUT2D eigenvalue weighted by atomic mass is 9.79. The van der Waals surface area contributed by atoms with Crippen LogP contribution < -0.4 is 11.1 Å². The number of hydrogen-bond donors (Lipinski definition) is 2. The highest BCUT2D eigenvalue weighted by atomic mass is 16.1. The number of amides is 1. The number of nitrogens with two attached hydrogens (primary N) is 1. The van der Waals surface area contributed by atoms with Gasteiger partial charge in [0.25, 0.3) is 0 Å². The Hall–Kier alpha value is -0.570. The Morgan fingerprint density at radius 1 is 1.24 bits per heavy atom. The molecule has 0 aromatic rings. The highest BCUT2D eigenvalue weighted by Crippen LogP contribution is 2.29. The van der Waals surface area contributed by atoms with E-state index in [1.165, 1.54) is 32.1 Å². The highest BCUT2D eigenvalue weighted by molar-refractivity contribution is 5.79. The second-order valence-corrected chi connectivity index (χ2v) is 5.24. The Morgan fingerprint density at radius 3 is 2.71 bits per heavy atom. The Bertz CT molecular complexity index is 218. The molecule has 3 nitrogen and oxygen atoms in total. The van der Waals surface area contributed by atoms with Crippen molar-refractivity contribution in [2.75, 3.05) is 13.1 Å². The topological polar surface area (TPSA) is 55.1 Å². The molecule has 0 radical (unpaired) electrons. The van der Waals surface area contributed by atoms with Crippen LogP contribution in [0, 0.1) is 11.8 Å². The van der Waals surface area contributed by atoms with E-state index in [2.05, 4.69) is 12.2 Å². The second-order valence-electron chi connectivity index (χ2n) is 5.24. The third kappa shape index (κ3) is 5.07. The first-order valence-corrected chi connectivity index (χ1v) is 7.27. The van der Waals surface area contributed by atoms with Crippen LogP contribution in [-0.4, -0.2) is 19.0 Å². The molecule has 3 N–H and O–H groups in total. The van der Waals surface area contributed by atoms with Gasteiger partial charge < -0.3 is 11.1 Å². The lowest BCUT2D eigenvalue weighted by molar-refractivity contribution is -0.127. The summed E-state index contributed by atoms with van der Waals surface area (Å²) in [6.07, 6.45) is 9.43. The molecule has 1 aliphatic rings. The fourth-order valence-corrected chi connectivity index (χ4v) is 2.73. The summed E-state index contributed by atoms with van der Waals surface area (Å²) in [5, 5.41) is 3.08. The molecule has 0 aliphatic heterocycles. The zero-order chi connectivity index (χ0) is 12.5. The monoisotopic (exact) mass is 240 g/mol. The third-order valence-corrected chi connectivity index (χ3v) is 3.88. The second kappa shape index (κ2) is 8.51. The minimum atomic E-state index is 0.180. The van der Waals surface area contributed by atoms with E-state index in [4.69, 9.17) is 5.73 Å². The summed E-state index contributed by atoms with van der Waals surface area (Å²) in [6, 6.07) is 0. The lowest BCUT2D eigenvalue weighted by Crippen LogP contribution is -2.39. The zero-order valence-electron chi connectivity index (χ0n) is 11.2. The van der Waals surface area contributed by atoms with Crippen LogP contribution in [0.2, 0.25) is 0 Å². The summed E-state index contributed by atoms with van der Waals surface area (Å²) in [7, 11) is 0. The van der Waals surface area contributed by atoms with Crippen molar-refractivity contribution in [1.29, 1.82) is 0 Å². The minimum Gasteiger partial charge on any atom is -0.356 e. The molecular formula is C14H28N2O. The molecule has 100 valence electrons. The number of nitrogens with one attached hydrogen (secondary N) is 1. The largest absolute Gasteiger partial charge is 0.356 e. The van der Waals surface area contributed by atoms with Crippen molar-refractivity contribution in [1.82, 2.24) is 5.32 Å². The van der Waals surface area contributed by atoms with Crippen LogP contribution in [0.1, 0.15) is 58.3 Å². The average molecular weight is 240 g/mol. The molecule has 0 aromatic carbocycles. The van der Waals surface area contributed by atoms with Crippen molar-refractivity contribution in [3.05, 3.63) is 0 Å². The molecule has 0 bridgehead atoms. The maximum Gasteiger partial charge on any atom is 0.223 e. The van der Waals surface area contributed by atoms with E-state index in [1.807, 2.05) is 0 Å². The minimum absolute atomic E-state index is 0.180. The zero-order valence-corrected chi connectivity index (χ0v) is 11.2. The first-order valence-electron chi connectivity index (χ1n) is 7.27. The van der Waals surface area contributed by atoms with Gasteiger partial charge >= 0.3 is 0 Å². The first-order chi connectivity index (χ1) is 8.29. The van der Waals surface area contributed by atoms with Gasteiger partial charge in [0, 0.05) is 12.5 Å². The van der Waals surface area contributed by atoms with Gasteiger partial charge in [0.1, 0.15) is 0 Å². The van der Waals surface area contributed by atoms with Crippen molar-refractivity contribution >= 4 is 5.91 Å². The van der Waals surface area contributed by atoms with Gasteiger partial charge in [-0.2, -0.15) is 0 Å². The van der Waals surface area contributed by atoms with Crippen LogP contribution in [0.4, 0.5) is 0 Å². The van der Waals surface area contributed by atoms with Gasteiger partial charge in [-0.05, 0) is 31.7 Å². The van der Waals surface area contributed by atoms with Gasteiger partial charge in [0.15, 0.2) is 0 Å². The Labute approximate surface area is 106 Å². The summed E-state index contributed by atoms with van der Waals surface area (Å²) in [4.78, 5) is 12.0. The molecular weight excluding hydrogens is 212 g/mol. The van der Waals surface area contributed by atoms with Crippen molar-refractivity contribution in [2.45, 2.75) is 58.3 Å². The standard InChI is InChI=1S/C14H28N2O/c1-2-3-4-7-10-16-14(17)13-9-6-5-8-12(13)11-15/h12-13H,2-11,15H2,1H3,(H,16,17). The number of rotatable bonds is 7. The van der Waals surface area contributed by atoms with E-state index in [-0.39, 0.29) is 11.8 Å². The Kier molecular flexibility index (Phi) is 7.25. The molecule has 0 aromatic heterocycles. The smallest absolute Gasteiger partial charge is 0.223 e. The molecule has 1 rings (SSSR count). The van der Waals surface area contributed by atoms with E-state index in [0.717, 1.165) is 25.8 Å². The first kappa shape index (κ1) is 14.5. The van der Waals surface area contributed by atoms with Crippen molar-refractivity contribution in [3.63, 3.8) is 0 Å². The highest BCUT2D eigenvalue weighted by Gasteiger charge is 2.29. The quantitative estimate of drug-likeness (QED) is 0.672. The molecule has 17 heavy (non-hydrogen) atoms. The number of hydrogen-bond acceptors (Lipinski definition) is 2. The maximum absolute atomic E-state index is 12.0. The Morgan fingerprint density at radius 2 is 2.00 bits per heavy atom. The molecule has 0 spiro atoms. The molecule has 1 saturated carbocycles.